The summed E-state index contributed by atoms with van der Waals surface area (Å²) in [5.41, 5.74) is 3.44. The van der Waals surface area contributed by atoms with E-state index in [-0.39, 0.29) is 6.61 Å². The van der Waals surface area contributed by atoms with Gasteiger partial charge in [-0.2, -0.15) is 0 Å². The van der Waals surface area contributed by atoms with Crippen molar-refractivity contribution in [2.75, 3.05) is 6.61 Å². The zero-order chi connectivity index (χ0) is 11.7. The van der Waals surface area contributed by atoms with Crippen LogP contribution in [0.15, 0.2) is 17.7 Å². The number of hydrogen-bond donors (Lipinski definition) is 1. The van der Waals surface area contributed by atoms with E-state index in [1.165, 1.54) is 5.56 Å². The lowest BCUT2D eigenvalue weighted by Gasteiger charge is -2.18. The highest BCUT2D eigenvalue weighted by Crippen LogP contribution is 2.31. The molecule has 0 amide bonds. The van der Waals surface area contributed by atoms with Crippen molar-refractivity contribution in [2.45, 2.75) is 20.3 Å². The molecule has 0 atom stereocenters. The molecule has 1 aliphatic heterocycles. The van der Waals surface area contributed by atoms with Crippen molar-refractivity contribution in [1.29, 1.82) is 0 Å². The first-order chi connectivity index (χ1) is 7.61. The molecule has 0 saturated carbocycles. The summed E-state index contributed by atoms with van der Waals surface area (Å²) < 4.78 is 5.48. The van der Waals surface area contributed by atoms with E-state index in [4.69, 9.17) is 9.84 Å². The van der Waals surface area contributed by atoms with Crippen molar-refractivity contribution in [3.05, 3.63) is 34.4 Å². The highest BCUT2D eigenvalue weighted by atomic mass is 16.5. The van der Waals surface area contributed by atoms with Crippen molar-refractivity contribution in [3.8, 4) is 5.75 Å². The molecule has 84 valence electrons. The summed E-state index contributed by atoms with van der Waals surface area (Å²) in [6.07, 6.45) is 2.64. The van der Waals surface area contributed by atoms with Gasteiger partial charge in [0.05, 0.1) is 5.57 Å². The second-order valence-electron chi connectivity index (χ2n) is 3.95. The maximum Gasteiger partial charge on any atom is 0.335 e. The van der Waals surface area contributed by atoms with Crippen LogP contribution in [0.4, 0.5) is 0 Å². The van der Waals surface area contributed by atoms with Crippen LogP contribution in [0.1, 0.15) is 23.6 Å². The number of rotatable bonds is 2. The zero-order valence-electron chi connectivity index (χ0n) is 9.41. The first-order valence-electron chi connectivity index (χ1n) is 5.32. The first kappa shape index (κ1) is 10.7. The molecule has 0 aromatic heterocycles. The second kappa shape index (κ2) is 4.00. The van der Waals surface area contributed by atoms with E-state index < -0.39 is 5.97 Å². The first-order valence-corrected chi connectivity index (χ1v) is 5.32. The maximum atomic E-state index is 10.9. The number of carboxylic acid groups (broad SMARTS) is 1. The quantitative estimate of drug-likeness (QED) is 0.829. The van der Waals surface area contributed by atoms with E-state index in [0.29, 0.717) is 5.57 Å². The van der Waals surface area contributed by atoms with Crippen LogP contribution in [-0.4, -0.2) is 17.7 Å². The normalized spacial score (nSPS) is 13.8. The van der Waals surface area contributed by atoms with Crippen LogP contribution in [0, 0.1) is 6.92 Å². The van der Waals surface area contributed by atoms with Crippen LogP contribution in [-0.2, 0) is 11.2 Å². The topological polar surface area (TPSA) is 46.5 Å². The minimum atomic E-state index is -0.912. The summed E-state index contributed by atoms with van der Waals surface area (Å²) in [5.74, 6) is -0.104. The molecule has 1 aliphatic rings. The van der Waals surface area contributed by atoms with Gasteiger partial charge in [-0.15, -0.1) is 0 Å². The van der Waals surface area contributed by atoms with Crippen molar-refractivity contribution < 1.29 is 14.6 Å². The molecule has 3 heteroatoms. The number of hydrogen-bond acceptors (Lipinski definition) is 2. The highest BCUT2D eigenvalue weighted by Gasteiger charge is 2.18. The molecule has 0 spiro atoms. The number of carbonyl (C=O) groups is 1. The van der Waals surface area contributed by atoms with E-state index >= 15 is 0 Å². The fourth-order valence-corrected chi connectivity index (χ4v) is 1.89. The van der Waals surface area contributed by atoms with E-state index in [1.807, 2.05) is 13.0 Å². The molecule has 0 radical (unpaired) electrons. The minimum absolute atomic E-state index is 0.147. The Balaban J connectivity index is 2.52. The number of aliphatic carboxylic acids is 1. The summed E-state index contributed by atoms with van der Waals surface area (Å²) in [4.78, 5) is 10.9. The third-order valence-electron chi connectivity index (χ3n) is 2.75. The van der Waals surface area contributed by atoms with Crippen LogP contribution in [0.5, 0.6) is 5.75 Å². The van der Waals surface area contributed by atoms with Gasteiger partial charge in [0.2, 0.25) is 0 Å². The monoisotopic (exact) mass is 218 g/mol. The Morgan fingerprint density at radius 3 is 2.88 bits per heavy atom. The molecule has 1 heterocycles. The second-order valence-corrected chi connectivity index (χ2v) is 3.95. The average Bonchev–Trinajstić information content (AvgIpc) is 2.28. The number of ether oxygens (including phenoxy) is 1. The Labute approximate surface area is 94.4 Å². The molecule has 1 N–H and O–H groups in total. The third-order valence-corrected chi connectivity index (χ3v) is 2.75. The van der Waals surface area contributed by atoms with Crippen LogP contribution in [0.25, 0.3) is 6.08 Å². The van der Waals surface area contributed by atoms with Gasteiger partial charge in [-0.3, -0.25) is 0 Å². The lowest BCUT2D eigenvalue weighted by atomic mass is 10.00. The van der Waals surface area contributed by atoms with Crippen LogP contribution in [0.2, 0.25) is 0 Å². The highest BCUT2D eigenvalue weighted by molar-refractivity contribution is 5.94. The van der Waals surface area contributed by atoms with Crippen LogP contribution < -0.4 is 4.74 Å². The molecule has 0 saturated heterocycles. The van der Waals surface area contributed by atoms with Crippen molar-refractivity contribution >= 4 is 12.0 Å². The number of aryl methyl sites for hydroxylation is 2. The minimum Gasteiger partial charge on any atom is -0.488 e. The van der Waals surface area contributed by atoms with Gasteiger partial charge < -0.3 is 9.84 Å². The standard InChI is InChI=1S/C13H14O3/c1-3-9-4-8(2)12-10(5-9)6-11(7-16-12)13(14)15/h4-6H,3,7H2,1-2H3,(H,14,15). The Kier molecular flexibility index (Phi) is 2.69. The van der Waals surface area contributed by atoms with Gasteiger partial charge in [0.1, 0.15) is 12.4 Å². The van der Waals surface area contributed by atoms with Crippen molar-refractivity contribution in [2.24, 2.45) is 0 Å². The fourth-order valence-electron chi connectivity index (χ4n) is 1.89. The molecule has 1 aromatic carbocycles. The van der Waals surface area contributed by atoms with Crippen LogP contribution >= 0.6 is 0 Å². The molecule has 0 aliphatic carbocycles. The maximum absolute atomic E-state index is 10.9. The molecular weight excluding hydrogens is 204 g/mol. The molecule has 1 aromatic rings. The largest absolute Gasteiger partial charge is 0.488 e. The number of carboxylic acids is 1. The number of benzene rings is 1. The molecular formula is C13H14O3. The predicted molar refractivity (Wildman–Crippen MR) is 61.7 cm³/mol. The summed E-state index contributed by atoms with van der Waals surface area (Å²) in [6.45, 7) is 4.21. The van der Waals surface area contributed by atoms with E-state index in [2.05, 4.69) is 13.0 Å². The molecule has 2 rings (SSSR count). The Hall–Kier alpha value is -1.77. The smallest absolute Gasteiger partial charge is 0.335 e. The third kappa shape index (κ3) is 1.81. The Morgan fingerprint density at radius 1 is 1.50 bits per heavy atom. The SMILES string of the molecule is CCc1cc(C)c2c(c1)C=C(C(=O)O)CO2. The van der Waals surface area contributed by atoms with Crippen LogP contribution in [0.3, 0.4) is 0 Å². The van der Waals surface area contributed by atoms with Gasteiger partial charge in [-0.1, -0.05) is 13.0 Å². The number of fused-ring (bicyclic) bond motifs is 1. The summed E-state index contributed by atoms with van der Waals surface area (Å²) >= 11 is 0. The Morgan fingerprint density at radius 2 is 2.25 bits per heavy atom. The fraction of sp³-hybridized carbons (Fsp3) is 0.308. The van der Waals surface area contributed by atoms with E-state index in [1.54, 1.807) is 6.08 Å². The average molecular weight is 218 g/mol. The van der Waals surface area contributed by atoms with Gasteiger partial charge in [0.15, 0.2) is 0 Å². The zero-order valence-corrected chi connectivity index (χ0v) is 9.41. The van der Waals surface area contributed by atoms with Gasteiger partial charge in [-0.05, 0) is 36.6 Å². The Bertz CT molecular complexity index is 472. The van der Waals surface area contributed by atoms with Gasteiger partial charge in [0, 0.05) is 5.56 Å². The van der Waals surface area contributed by atoms with Gasteiger partial charge in [0.25, 0.3) is 0 Å². The molecule has 0 bridgehead atoms. The summed E-state index contributed by atoms with van der Waals surface area (Å²) in [5, 5.41) is 8.91. The van der Waals surface area contributed by atoms with Gasteiger partial charge >= 0.3 is 5.97 Å². The summed E-state index contributed by atoms with van der Waals surface area (Å²) in [7, 11) is 0. The molecule has 0 unspecified atom stereocenters. The van der Waals surface area contributed by atoms with Crippen molar-refractivity contribution in [3.63, 3.8) is 0 Å². The molecule has 16 heavy (non-hydrogen) atoms. The predicted octanol–water partition coefficient (Wildman–Crippen LogP) is 2.42. The molecule has 0 fully saturated rings. The summed E-state index contributed by atoms with van der Waals surface area (Å²) in [6, 6.07) is 4.07. The van der Waals surface area contributed by atoms with Gasteiger partial charge in [-0.25, -0.2) is 4.79 Å². The lowest BCUT2D eigenvalue weighted by molar-refractivity contribution is -0.132. The van der Waals surface area contributed by atoms with E-state index in [0.717, 1.165) is 23.3 Å². The van der Waals surface area contributed by atoms with E-state index in [9.17, 15) is 4.79 Å². The van der Waals surface area contributed by atoms with Crippen molar-refractivity contribution in [1.82, 2.24) is 0 Å². The lowest BCUT2D eigenvalue weighted by Crippen LogP contribution is -2.15. The molecule has 3 nitrogen and oxygen atoms in total.